The standard InChI is InChI=1S/C32H27N5OS/c1-22(24-13-6-4-7-14-24)34-36-29(28-20-12-16-25-15-10-11-19-27(25)28)21-39-32(36)33-30-23(2)35(3)37(31(30)38)26-17-8-5-9-18-26/h4-21H,1-3H3. The van der Waals surface area contributed by atoms with Crippen molar-refractivity contribution in [1.29, 1.82) is 0 Å². The molecule has 0 fully saturated rings. The molecule has 192 valence electrons. The van der Waals surface area contributed by atoms with Crippen molar-refractivity contribution in [1.82, 2.24) is 14.0 Å². The van der Waals surface area contributed by atoms with E-state index >= 15 is 0 Å². The van der Waals surface area contributed by atoms with Gasteiger partial charge in [-0.1, -0.05) is 91.0 Å². The van der Waals surface area contributed by atoms with Gasteiger partial charge in [0.2, 0.25) is 4.80 Å². The molecule has 0 atom stereocenters. The third kappa shape index (κ3) is 4.47. The monoisotopic (exact) mass is 529 g/mol. The van der Waals surface area contributed by atoms with E-state index in [9.17, 15) is 4.79 Å². The zero-order valence-electron chi connectivity index (χ0n) is 21.9. The van der Waals surface area contributed by atoms with Crippen LogP contribution in [0.2, 0.25) is 0 Å². The van der Waals surface area contributed by atoms with Crippen molar-refractivity contribution in [3.63, 3.8) is 0 Å². The zero-order chi connectivity index (χ0) is 26.9. The summed E-state index contributed by atoms with van der Waals surface area (Å²) in [7, 11) is 1.88. The highest BCUT2D eigenvalue weighted by Crippen LogP contribution is 2.29. The minimum absolute atomic E-state index is 0.170. The molecule has 0 amide bonds. The maximum atomic E-state index is 13.6. The van der Waals surface area contributed by atoms with Crippen LogP contribution in [0.3, 0.4) is 0 Å². The summed E-state index contributed by atoms with van der Waals surface area (Å²) in [5.41, 5.74) is 5.65. The van der Waals surface area contributed by atoms with Crippen LogP contribution in [0, 0.1) is 6.92 Å². The molecule has 6 nitrogen and oxygen atoms in total. The number of para-hydroxylation sites is 1. The summed E-state index contributed by atoms with van der Waals surface area (Å²) in [5, 5.41) is 9.40. The van der Waals surface area contributed by atoms with Gasteiger partial charge in [-0.05, 0) is 42.3 Å². The highest BCUT2D eigenvalue weighted by Gasteiger charge is 2.17. The van der Waals surface area contributed by atoms with Crippen LogP contribution >= 0.6 is 11.3 Å². The van der Waals surface area contributed by atoms with E-state index in [0.717, 1.165) is 44.7 Å². The summed E-state index contributed by atoms with van der Waals surface area (Å²) in [6.45, 7) is 3.91. The lowest BCUT2D eigenvalue weighted by atomic mass is 10.0. The fourth-order valence-corrected chi connectivity index (χ4v) is 5.60. The third-order valence-corrected chi connectivity index (χ3v) is 7.74. The molecule has 39 heavy (non-hydrogen) atoms. The van der Waals surface area contributed by atoms with Gasteiger partial charge in [-0.25, -0.2) is 14.4 Å². The molecule has 0 saturated carbocycles. The molecule has 6 aromatic rings. The van der Waals surface area contributed by atoms with Crippen LogP contribution in [0.25, 0.3) is 27.7 Å². The fraction of sp³-hybridized carbons (Fsp3) is 0.0938. The second-order valence-corrected chi connectivity index (χ2v) is 10.2. The van der Waals surface area contributed by atoms with Gasteiger partial charge in [0.25, 0.3) is 5.56 Å². The Morgan fingerprint density at radius 3 is 2.26 bits per heavy atom. The average Bonchev–Trinajstić information content (AvgIpc) is 3.46. The quantitative estimate of drug-likeness (QED) is 0.230. The molecule has 0 saturated heterocycles. The minimum atomic E-state index is -0.170. The van der Waals surface area contributed by atoms with Crippen LogP contribution in [0.1, 0.15) is 18.2 Å². The van der Waals surface area contributed by atoms with E-state index in [4.69, 9.17) is 10.1 Å². The number of aromatic nitrogens is 3. The molecule has 2 aromatic heterocycles. The molecule has 7 heteroatoms. The lowest BCUT2D eigenvalue weighted by molar-refractivity contribution is 0.630. The predicted molar refractivity (Wildman–Crippen MR) is 160 cm³/mol. The number of hydrogen-bond donors (Lipinski definition) is 0. The van der Waals surface area contributed by atoms with Crippen molar-refractivity contribution >= 4 is 33.5 Å². The molecule has 0 N–H and O–H groups in total. The molecule has 6 rings (SSSR count). The maximum absolute atomic E-state index is 13.6. The second kappa shape index (κ2) is 10.2. The normalized spacial score (nSPS) is 12.4. The zero-order valence-corrected chi connectivity index (χ0v) is 22.8. The van der Waals surface area contributed by atoms with E-state index in [1.54, 1.807) is 4.68 Å². The van der Waals surface area contributed by atoms with Gasteiger partial charge in [-0.2, -0.15) is 5.10 Å². The van der Waals surface area contributed by atoms with Gasteiger partial charge in [0, 0.05) is 18.0 Å². The molecule has 0 spiro atoms. The maximum Gasteiger partial charge on any atom is 0.297 e. The topological polar surface area (TPSA) is 56.6 Å². The lowest BCUT2D eigenvalue weighted by Gasteiger charge is -2.09. The van der Waals surface area contributed by atoms with Gasteiger partial charge < -0.3 is 0 Å². The molecule has 0 aliphatic rings. The highest BCUT2D eigenvalue weighted by atomic mass is 32.1. The van der Waals surface area contributed by atoms with Crippen LogP contribution in [0.5, 0.6) is 0 Å². The summed E-state index contributed by atoms with van der Waals surface area (Å²) < 4.78 is 5.36. The van der Waals surface area contributed by atoms with Crippen molar-refractivity contribution in [2.45, 2.75) is 13.8 Å². The van der Waals surface area contributed by atoms with Gasteiger partial charge >= 0.3 is 0 Å². The molecule has 0 aliphatic carbocycles. The largest absolute Gasteiger partial charge is 0.297 e. The Morgan fingerprint density at radius 1 is 0.821 bits per heavy atom. The Morgan fingerprint density at radius 2 is 1.49 bits per heavy atom. The second-order valence-electron chi connectivity index (χ2n) is 9.32. The van der Waals surface area contributed by atoms with Crippen molar-refractivity contribution in [2.75, 3.05) is 0 Å². The van der Waals surface area contributed by atoms with Crippen LogP contribution in [-0.4, -0.2) is 19.8 Å². The van der Waals surface area contributed by atoms with Gasteiger partial charge in [0.05, 0.1) is 22.8 Å². The van der Waals surface area contributed by atoms with Gasteiger partial charge in [0.1, 0.15) is 0 Å². The van der Waals surface area contributed by atoms with E-state index < -0.39 is 0 Å². The van der Waals surface area contributed by atoms with Crippen molar-refractivity contribution in [3.8, 4) is 16.9 Å². The number of hydrogen-bond acceptors (Lipinski definition) is 4. The van der Waals surface area contributed by atoms with E-state index in [0.29, 0.717) is 10.5 Å². The molecule has 0 bridgehead atoms. The van der Waals surface area contributed by atoms with Crippen LogP contribution in [0.4, 0.5) is 5.69 Å². The minimum Gasteiger partial charge on any atom is -0.283 e. The highest BCUT2D eigenvalue weighted by molar-refractivity contribution is 7.07. The van der Waals surface area contributed by atoms with E-state index in [1.807, 2.05) is 103 Å². The third-order valence-electron chi connectivity index (χ3n) is 6.92. The van der Waals surface area contributed by atoms with Crippen molar-refractivity contribution in [2.24, 2.45) is 17.1 Å². The Kier molecular flexibility index (Phi) is 6.42. The van der Waals surface area contributed by atoms with E-state index in [1.165, 1.54) is 11.3 Å². The summed E-state index contributed by atoms with van der Waals surface area (Å²) in [6.07, 6.45) is 0. The summed E-state index contributed by atoms with van der Waals surface area (Å²) in [6, 6.07) is 34.3. The lowest BCUT2D eigenvalue weighted by Crippen LogP contribution is -2.20. The first-order valence-corrected chi connectivity index (χ1v) is 13.6. The Hall–Kier alpha value is -4.75. The summed E-state index contributed by atoms with van der Waals surface area (Å²) in [4.78, 5) is 19.2. The molecule has 0 aliphatic heterocycles. The average molecular weight is 530 g/mol. The van der Waals surface area contributed by atoms with Crippen LogP contribution in [0.15, 0.2) is 123 Å². The van der Waals surface area contributed by atoms with Crippen LogP contribution < -0.4 is 10.4 Å². The molecular formula is C32H27N5OS. The number of nitrogens with zero attached hydrogens (tertiary/aromatic N) is 5. The number of rotatable bonds is 5. The van der Waals surface area contributed by atoms with E-state index in [-0.39, 0.29) is 5.56 Å². The molecular weight excluding hydrogens is 502 g/mol. The predicted octanol–water partition coefficient (Wildman–Crippen LogP) is 6.67. The molecule has 2 heterocycles. The van der Waals surface area contributed by atoms with Crippen LogP contribution in [-0.2, 0) is 7.05 Å². The van der Waals surface area contributed by atoms with Crippen molar-refractivity contribution in [3.05, 3.63) is 135 Å². The van der Waals surface area contributed by atoms with E-state index in [2.05, 4.69) is 35.7 Å². The first kappa shape index (κ1) is 24.6. The fourth-order valence-electron chi connectivity index (χ4n) is 4.77. The summed E-state index contributed by atoms with van der Waals surface area (Å²) >= 11 is 1.47. The number of benzene rings is 4. The Bertz CT molecular complexity index is 1950. The Labute approximate surface area is 230 Å². The first-order chi connectivity index (χ1) is 19.0. The molecule has 0 radical (unpaired) electrons. The van der Waals surface area contributed by atoms with Crippen molar-refractivity contribution < 1.29 is 0 Å². The molecule has 0 unspecified atom stereocenters. The molecule has 4 aromatic carbocycles. The Balaban J connectivity index is 1.61. The number of thiazole rings is 1. The number of fused-ring (bicyclic) bond motifs is 1. The van der Waals surface area contributed by atoms with Gasteiger partial charge in [0.15, 0.2) is 5.69 Å². The SMILES string of the molecule is CC(=Nn1c(-c2cccc3ccccc23)csc1=Nc1c(C)n(C)n(-c2ccccc2)c1=O)c1ccccc1. The summed E-state index contributed by atoms with van der Waals surface area (Å²) in [5.74, 6) is 0. The first-order valence-electron chi connectivity index (χ1n) is 12.7. The smallest absolute Gasteiger partial charge is 0.283 e. The van der Waals surface area contributed by atoms with Gasteiger partial charge in [-0.15, -0.1) is 11.3 Å². The van der Waals surface area contributed by atoms with Gasteiger partial charge in [-0.3, -0.25) is 9.48 Å².